The summed E-state index contributed by atoms with van der Waals surface area (Å²) >= 11 is 5.91. The number of hydrogen-bond acceptors (Lipinski definition) is 2. The quantitative estimate of drug-likeness (QED) is 0.763. The van der Waals surface area contributed by atoms with Crippen molar-refractivity contribution >= 4 is 17.4 Å². The molecule has 3 heteroatoms. The van der Waals surface area contributed by atoms with Gasteiger partial charge in [0, 0.05) is 16.6 Å². The molecule has 2 fully saturated rings. The minimum atomic E-state index is -0.0166. The van der Waals surface area contributed by atoms with E-state index in [-0.39, 0.29) is 11.8 Å². The van der Waals surface area contributed by atoms with Crippen LogP contribution in [0.3, 0.4) is 0 Å². The summed E-state index contributed by atoms with van der Waals surface area (Å²) in [5.74, 6) is 1.05. The molecule has 1 aliphatic carbocycles. The van der Waals surface area contributed by atoms with Crippen LogP contribution in [0.15, 0.2) is 24.3 Å². The second kappa shape index (κ2) is 6.50. The molecular formula is C18H24ClNO. The molecule has 1 unspecified atom stereocenters. The van der Waals surface area contributed by atoms with Crippen LogP contribution in [-0.2, 0) is 0 Å². The van der Waals surface area contributed by atoms with E-state index < -0.39 is 0 Å². The highest BCUT2D eigenvalue weighted by Gasteiger charge is 2.37. The van der Waals surface area contributed by atoms with Gasteiger partial charge >= 0.3 is 0 Å². The van der Waals surface area contributed by atoms with E-state index in [1.165, 1.54) is 38.5 Å². The van der Waals surface area contributed by atoms with E-state index in [0.717, 1.165) is 18.0 Å². The number of piperidine rings is 1. The number of Topliss-reactive ketones (excluding diaryl/α,β-unsaturated/α-hetero) is 1. The van der Waals surface area contributed by atoms with Crippen molar-refractivity contribution in [3.8, 4) is 0 Å². The number of rotatable bonds is 3. The van der Waals surface area contributed by atoms with Gasteiger partial charge in [-0.15, -0.1) is 0 Å². The van der Waals surface area contributed by atoms with Gasteiger partial charge in [-0.05, 0) is 69.3 Å². The Kier molecular flexibility index (Phi) is 4.66. The third kappa shape index (κ3) is 3.17. The molecule has 1 saturated carbocycles. The van der Waals surface area contributed by atoms with E-state index >= 15 is 0 Å². The van der Waals surface area contributed by atoms with Gasteiger partial charge in [0.25, 0.3) is 0 Å². The van der Waals surface area contributed by atoms with Crippen molar-refractivity contribution in [2.75, 3.05) is 6.54 Å². The summed E-state index contributed by atoms with van der Waals surface area (Å²) in [6.07, 6.45) is 7.89. The topological polar surface area (TPSA) is 20.3 Å². The van der Waals surface area contributed by atoms with Crippen molar-refractivity contribution in [2.45, 2.75) is 57.5 Å². The summed E-state index contributed by atoms with van der Waals surface area (Å²) in [5.41, 5.74) is 0.782. The molecule has 1 aliphatic heterocycles. The molecule has 3 atom stereocenters. The highest BCUT2D eigenvalue weighted by molar-refractivity contribution is 6.30. The Labute approximate surface area is 132 Å². The molecule has 1 heterocycles. The molecule has 1 aromatic rings. The smallest absolute Gasteiger partial charge is 0.179 e. The number of ketones is 1. The van der Waals surface area contributed by atoms with E-state index in [9.17, 15) is 4.79 Å². The number of carbonyl (C=O) groups is 1. The lowest BCUT2D eigenvalue weighted by Crippen LogP contribution is -2.53. The van der Waals surface area contributed by atoms with Gasteiger partial charge in [-0.3, -0.25) is 9.69 Å². The van der Waals surface area contributed by atoms with Crippen LogP contribution in [0.5, 0.6) is 0 Å². The van der Waals surface area contributed by atoms with Crippen molar-refractivity contribution in [3.05, 3.63) is 34.9 Å². The second-order valence-corrected chi connectivity index (χ2v) is 6.98. The Hall–Kier alpha value is -0.860. The van der Waals surface area contributed by atoms with Crippen LogP contribution in [0.1, 0.15) is 55.8 Å². The van der Waals surface area contributed by atoms with Crippen LogP contribution in [0, 0.1) is 5.92 Å². The van der Waals surface area contributed by atoms with E-state index in [4.69, 9.17) is 11.6 Å². The zero-order chi connectivity index (χ0) is 14.8. The average Bonchev–Trinajstić information content (AvgIpc) is 2.53. The molecule has 0 bridgehead atoms. The van der Waals surface area contributed by atoms with Crippen molar-refractivity contribution < 1.29 is 4.79 Å². The van der Waals surface area contributed by atoms with Crippen LogP contribution in [0.4, 0.5) is 0 Å². The maximum Gasteiger partial charge on any atom is 0.179 e. The predicted molar refractivity (Wildman–Crippen MR) is 86.9 cm³/mol. The van der Waals surface area contributed by atoms with Gasteiger partial charge in [0.15, 0.2) is 5.78 Å². The molecule has 21 heavy (non-hydrogen) atoms. The Bertz CT molecular complexity index is 496. The predicted octanol–water partition coefficient (Wildman–Crippen LogP) is 4.57. The zero-order valence-electron chi connectivity index (χ0n) is 12.7. The lowest BCUT2D eigenvalue weighted by molar-refractivity contribution is 0.0297. The third-order valence-corrected chi connectivity index (χ3v) is 5.54. The number of halogens is 1. The summed E-state index contributed by atoms with van der Waals surface area (Å²) in [6.45, 7) is 3.15. The largest absolute Gasteiger partial charge is 0.292 e. The van der Waals surface area contributed by atoms with Gasteiger partial charge in [-0.25, -0.2) is 0 Å². The average molecular weight is 306 g/mol. The number of hydrogen-bond donors (Lipinski definition) is 0. The van der Waals surface area contributed by atoms with Crippen LogP contribution in [0.2, 0.25) is 5.02 Å². The van der Waals surface area contributed by atoms with Gasteiger partial charge < -0.3 is 0 Å². The monoisotopic (exact) mass is 305 g/mol. The molecule has 0 spiro atoms. The van der Waals surface area contributed by atoms with E-state index in [1.807, 2.05) is 12.1 Å². The Balaban J connectivity index is 1.75. The van der Waals surface area contributed by atoms with Crippen LogP contribution < -0.4 is 0 Å². The standard InChI is InChI=1S/C18H24ClNO/c1-13(18(21)15-8-10-16(19)11-9-15)20-12-4-6-14-5-2-3-7-17(14)20/h8-11,13-14,17H,2-7,12H2,1H3/t13?,14-,17-/m1/s1. The maximum atomic E-state index is 12.7. The molecule has 1 aromatic carbocycles. The molecule has 0 N–H and O–H groups in total. The first-order chi connectivity index (χ1) is 10.2. The summed E-state index contributed by atoms with van der Waals surface area (Å²) in [6, 6.07) is 7.92. The molecule has 2 nitrogen and oxygen atoms in total. The fourth-order valence-corrected chi connectivity index (χ4v) is 4.28. The van der Waals surface area contributed by atoms with E-state index in [2.05, 4.69) is 11.8 Å². The number of benzene rings is 1. The lowest BCUT2D eigenvalue weighted by Gasteiger charge is -2.46. The minimum absolute atomic E-state index is 0.0166. The number of fused-ring (bicyclic) bond motifs is 1. The van der Waals surface area contributed by atoms with E-state index in [0.29, 0.717) is 11.1 Å². The van der Waals surface area contributed by atoms with Crippen LogP contribution in [-0.4, -0.2) is 29.3 Å². The van der Waals surface area contributed by atoms with Crippen molar-refractivity contribution in [2.24, 2.45) is 5.92 Å². The highest BCUT2D eigenvalue weighted by Crippen LogP contribution is 2.36. The minimum Gasteiger partial charge on any atom is -0.292 e. The molecule has 1 saturated heterocycles. The normalized spacial score (nSPS) is 27.9. The lowest BCUT2D eigenvalue weighted by atomic mass is 9.77. The number of likely N-dealkylation sites (tertiary alicyclic amines) is 1. The molecule has 0 radical (unpaired) electrons. The molecule has 2 aliphatic rings. The fraction of sp³-hybridized carbons (Fsp3) is 0.611. The molecule has 3 rings (SSSR count). The van der Waals surface area contributed by atoms with Gasteiger partial charge in [0.1, 0.15) is 0 Å². The Morgan fingerprint density at radius 1 is 1.14 bits per heavy atom. The highest BCUT2D eigenvalue weighted by atomic mass is 35.5. The maximum absolute atomic E-state index is 12.7. The molecule has 0 aromatic heterocycles. The Morgan fingerprint density at radius 3 is 2.57 bits per heavy atom. The van der Waals surface area contributed by atoms with Gasteiger partial charge in [0.05, 0.1) is 6.04 Å². The summed E-state index contributed by atoms with van der Waals surface area (Å²) < 4.78 is 0. The van der Waals surface area contributed by atoms with Gasteiger partial charge in [-0.2, -0.15) is 0 Å². The number of carbonyl (C=O) groups excluding carboxylic acids is 1. The first-order valence-electron chi connectivity index (χ1n) is 8.22. The summed E-state index contributed by atoms with van der Waals surface area (Å²) in [5, 5.41) is 0.685. The molecular weight excluding hydrogens is 282 g/mol. The first kappa shape index (κ1) is 15.1. The molecule has 0 amide bonds. The van der Waals surface area contributed by atoms with Crippen molar-refractivity contribution in [3.63, 3.8) is 0 Å². The van der Waals surface area contributed by atoms with Crippen molar-refractivity contribution in [1.29, 1.82) is 0 Å². The van der Waals surface area contributed by atoms with E-state index in [1.54, 1.807) is 12.1 Å². The Morgan fingerprint density at radius 2 is 1.81 bits per heavy atom. The zero-order valence-corrected chi connectivity index (χ0v) is 13.5. The third-order valence-electron chi connectivity index (χ3n) is 5.29. The summed E-state index contributed by atoms with van der Waals surface area (Å²) in [4.78, 5) is 15.2. The van der Waals surface area contributed by atoms with Crippen LogP contribution in [0.25, 0.3) is 0 Å². The van der Waals surface area contributed by atoms with Gasteiger partial charge in [-0.1, -0.05) is 24.4 Å². The first-order valence-corrected chi connectivity index (χ1v) is 8.60. The SMILES string of the molecule is CC(C(=O)c1ccc(Cl)cc1)N1CCC[C@H]2CCCC[C@H]21. The molecule has 114 valence electrons. The summed E-state index contributed by atoms with van der Waals surface area (Å²) in [7, 11) is 0. The second-order valence-electron chi connectivity index (χ2n) is 6.54. The number of nitrogens with zero attached hydrogens (tertiary/aromatic N) is 1. The fourth-order valence-electron chi connectivity index (χ4n) is 4.15. The van der Waals surface area contributed by atoms with Crippen molar-refractivity contribution in [1.82, 2.24) is 4.90 Å². The van der Waals surface area contributed by atoms with Gasteiger partial charge in [0.2, 0.25) is 0 Å². The van der Waals surface area contributed by atoms with Crippen LogP contribution >= 0.6 is 11.6 Å².